The molecule has 0 N–H and O–H groups in total. The molecule has 3 aromatic rings. The maximum absolute atomic E-state index is 12.9. The standard InChI is InChI=1S/C20H21N5O/c26-20(17-13-24-10-2-1-5-18(24)22-17)25-11-8-15(12-25)16-7-6-14-4-3-9-21-19(14)23-16/h3-4,6-7,9,13,15H,1-2,5,8,10-12H2. The van der Waals surface area contributed by atoms with Gasteiger partial charge in [-0.3, -0.25) is 4.79 Å². The number of nitrogens with zero attached hydrogens (tertiary/aromatic N) is 5. The minimum absolute atomic E-state index is 0.0494. The molecular formula is C20H21N5O. The number of pyridine rings is 2. The second-order valence-electron chi connectivity index (χ2n) is 7.22. The summed E-state index contributed by atoms with van der Waals surface area (Å²) in [6, 6.07) is 8.07. The predicted octanol–water partition coefficient (Wildman–Crippen LogP) is 2.79. The summed E-state index contributed by atoms with van der Waals surface area (Å²) in [6.07, 6.45) is 7.95. The molecule has 0 bridgehead atoms. The maximum atomic E-state index is 12.9. The number of rotatable bonds is 2. The van der Waals surface area contributed by atoms with E-state index in [-0.39, 0.29) is 11.8 Å². The quantitative estimate of drug-likeness (QED) is 0.715. The summed E-state index contributed by atoms with van der Waals surface area (Å²) in [5, 5.41) is 1.05. The van der Waals surface area contributed by atoms with Crippen molar-refractivity contribution in [3.8, 4) is 0 Å². The van der Waals surface area contributed by atoms with Gasteiger partial charge in [0.05, 0.1) is 0 Å². The molecule has 5 rings (SSSR count). The molecule has 1 atom stereocenters. The molecular weight excluding hydrogens is 326 g/mol. The predicted molar refractivity (Wildman–Crippen MR) is 98.0 cm³/mol. The summed E-state index contributed by atoms with van der Waals surface area (Å²) in [5.74, 6) is 1.37. The van der Waals surface area contributed by atoms with E-state index in [9.17, 15) is 4.79 Å². The molecule has 26 heavy (non-hydrogen) atoms. The zero-order valence-corrected chi connectivity index (χ0v) is 14.6. The number of carbonyl (C=O) groups is 1. The summed E-state index contributed by atoms with van der Waals surface area (Å²) >= 11 is 0. The Hall–Kier alpha value is -2.76. The third-order valence-corrected chi connectivity index (χ3v) is 5.51. The van der Waals surface area contributed by atoms with E-state index in [1.54, 1.807) is 6.20 Å². The van der Waals surface area contributed by atoms with Crippen LogP contribution >= 0.6 is 0 Å². The zero-order valence-electron chi connectivity index (χ0n) is 14.6. The van der Waals surface area contributed by atoms with Crippen molar-refractivity contribution >= 4 is 16.9 Å². The molecule has 5 heterocycles. The lowest BCUT2D eigenvalue weighted by molar-refractivity contribution is 0.0785. The highest BCUT2D eigenvalue weighted by Gasteiger charge is 2.30. The van der Waals surface area contributed by atoms with Gasteiger partial charge in [-0.2, -0.15) is 0 Å². The van der Waals surface area contributed by atoms with Gasteiger partial charge in [-0.05, 0) is 43.5 Å². The Balaban J connectivity index is 1.34. The van der Waals surface area contributed by atoms with Crippen LogP contribution in [0.4, 0.5) is 0 Å². The van der Waals surface area contributed by atoms with Gasteiger partial charge in [-0.25, -0.2) is 15.0 Å². The second-order valence-corrected chi connectivity index (χ2v) is 7.22. The van der Waals surface area contributed by atoms with Gasteiger partial charge in [0.2, 0.25) is 0 Å². The number of aryl methyl sites for hydroxylation is 2. The molecule has 0 spiro atoms. The molecule has 1 amide bonds. The number of hydrogen-bond donors (Lipinski definition) is 0. The van der Waals surface area contributed by atoms with Crippen molar-refractivity contribution in [2.45, 2.75) is 38.1 Å². The fourth-order valence-electron chi connectivity index (χ4n) is 4.06. The Kier molecular flexibility index (Phi) is 3.69. The molecule has 6 nitrogen and oxygen atoms in total. The molecule has 1 saturated heterocycles. The Bertz CT molecular complexity index is 956. The third-order valence-electron chi connectivity index (χ3n) is 5.51. The lowest BCUT2D eigenvalue weighted by atomic mass is 10.0. The van der Waals surface area contributed by atoms with Gasteiger partial charge >= 0.3 is 0 Å². The van der Waals surface area contributed by atoms with Crippen LogP contribution in [0.1, 0.15) is 47.2 Å². The van der Waals surface area contributed by atoms with Crippen LogP contribution in [0, 0.1) is 0 Å². The summed E-state index contributed by atoms with van der Waals surface area (Å²) in [5.41, 5.74) is 2.39. The van der Waals surface area contributed by atoms with Gasteiger partial charge < -0.3 is 9.47 Å². The Labute approximate surface area is 151 Å². The van der Waals surface area contributed by atoms with Crippen LogP contribution in [0.25, 0.3) is 11.0 Å². The SMILES string of the molecule is O=C(c1cn2c(n1)CCCC2)N1CCC(c2ccc3cccnc3n2)C1. The minimum atomic E-state index is 0.0494. The van der Waals surface area contributed by atoms with Crippen LogP contribution in [-0.4, -0.2) is 43.4 Å². The molecule has 1 unspecified atom stereocenters. The summed E-state index contributed by atoms with van der Waals surface area (Å²) < 4.78 is 2.14. The lowest BCUT2D eigenvalue weighted by Gasteiger charge is -2.15. The molecule has 0 aliphatic carbocycles. The van der Waals surface area contributed by atoms with Crippen molar-refractivity contribution in [1.82, 2.24) is 24.4 Å². The van der Waals surface area contributed by atoms with Gasteiger partial charge in [-0.15, -0.1) is 0 Å². The van der Waals surface area contributed by atoms with Crippen LogP contribution in [0.3, 0.4) is 0 Å². The van der Waals surface area contributed by atoms with E-state index in [1.165, 1.54) is 6.42 Å². The van der Waals surface area contributed by atoms with E-state index >= 15 is 0 Å². The van der Waals surface area contributed by atoms with Gasteiger partial charge in [0.15, 0.2) is 5.65 Å². The first-order valence-corrected chi connectivity index (χ1v) is 9.35. The normalized spacial score (nSPS) is 19.7. The van der Waals surface area contributed by atoms with Crippen molar-refractivity contribution in [3.63, 3.8) is 0 Å². The number of imidazole rings is 1. The van der Waals surface area contributed by atoms with E-state index in [0.29, 0.717) is 12.2 Å². The molecule has 3 aromatic heterocycles. The fraction of sp³-hybridized carbons (Fsp3) is 0.400. The van der Waals surface area contributed by atoms with Gasteiger partial charge in [-0.1, -0.05) is 0 Å². The smallest absolute Gasteiger partial charge is 0.274 e. The van der Waals surface area contributed by atoms with Crippen LogP contribution in [0.5, 0.6) is 0 Å². The van der Waals surface area contributed by atoms with E-state index in [0.717, 1.165) is 54.9 Å². The first-order valence-electron chi connectivity index (χ1n) is 9.35. The summed E-state index contributed by atoms with van der Waals surface area (Å²) in [4.78, 5) is 28.4. The number of fused-ring (bicyclic) bond motifs is 2. The van der Waals surface area contributed by atoms with Crippen molar-refractivity contribution < 1.29 is 4.79 Å². The van der Waals surface area contributed by atoms with Crippen LogP contribution < -0.4 is 0 Å². The van der Waals surface area contributed by atoms with Crippen LogP contribution in [-0.2, 0) is 13.0 Å². The topological polar surface area (TPSA) is 63.9 Å². The molecule has 1 fully saturated rings. The van der Waals surface area contributed by atoms with Crippen molar-refractivity contribution in [1.29, 1.82) is 0 Å². The first-order chi connectivity index (χ1) is 12.8. The van der Waals surface area contributed by atoms with Crippen molar-refractivity contribution in [2.75, 3.05) is 13.1 Å². The van der Waals surface area contributed by atoms with Crippen molar-refractivity contribution in [3.05, 3.63) is 53.9 Å². The number of hydrogen-bond acceptors (Lipinski definition) is 4. The van der Waals surface area contributed by atoms with E-state index < -0.39 is 0 Å². The average molecular weight is 347 g/mol. The average Bonchev–Trinajstić information content (AvgIpc) is 3.34. The Morgan fingerprint density at radius 2 is 2.08 bits per heavy atom. The molecule has 0 radical (unpaired) electrons. The zero-order chi connectivity index (χ0) is 17.5. The molecule has 2 aliphatic rings. The molecule has 132 valence electrons. The maximum Gasteiger partial charge on any atom is 0.274 e. The Morgan fingerprint density at radius 1 is 1.12 bits per heavy atom. The van der Waals surface area contributed by atoms with Crippen molar-refractivity contribution in [2.24, 2.45) is 0 Å². The van der Waals surface area contributed by atoms with Gasteiger partial charge in [0, 0.05) is 55.4 Å². The molecule has 6 heteroatoms. The number of aromatic nitrogens is 4. The van der Waals surface area contributed by atoms with E-state index in [2.05, 4.69) is 26.7 Å². The van der Waals surface area contributed by atoms with Gasteiger partial charge in [0.25, 0.3) is 5.91 Å². The first kappa shape index (κ1) is 15.5. The highest BCUT2D eigenvalue weighted by molar-refractivity contribution is 5.92. The fourth-order valence-corrected chi connectivity index (χ4v) is 4.06. The van der Waals surface area contributed by atoms with Gasteiger partial charge in [0.1, 0.15) is 11.5 Å². The highest BCUT2D eigenvalue weighted by atomic mass is 16.2. The summed E-state index contributed by atoms with van der Waals surface area (Å²) in [6.45, 7) is 2.44. The minimum Gasteiger partial charge on any atom is -0.337 e. The Morgan fingerprint density at radius 3 is 3.00 bits per heavy atom. The largest absolute Gasteiger partial charge is 0.337 e. The highest BCUT2D eigenvalue weighted by Crippen LogP contribution is 2.28. The van der Waals surface area contributed by atoms with Crippen LogP contribution in [0.15, 0.2) is 36.7 Å². The van der Waals surface area contributed by atoms with E-state index in [1.807, 2.05) is 23.2 Å². The van der Waals surface area contributed by atoms with Crippen LogP contribution in [0.2, 0.25) is 0 Å². The second kappa shape index (κ2) is 6.20. The third kappa shape index (κ3) is 2.66. The van der Waals surface area contributed by atoms with E-state index in [4.69, 9.17) is 4.98 Å². The molecule has 0 aromatic carbocycles. The number of carbonyl (C=O) groups excluding carboxylic acids is 1. The lowest BCUT2D eigenvalue weighted by Crippen LogP contribution is -2.28. The number of amides is 1. The monoisotopic (exact) mass is 347 g/mol. The molecule has 2 aliphatic heterocycles. The summed E-state index contributed by atoms with van der Waals surface area (Å²) in [7, 11) is 0. The number of likely N-dealkylation sites (tertiary alicyclic amines) is 1. The molecule has 0 saturated carbocycles.